The van der Waals surface area contributed by atoms with Gasteiger partial charge in [0.1, 0.15) is 11.6 Å². The van der Waals surface area contributed by atoms with Crippen molar-refractivity contribution in [1.29, 1.82) is 0 Å². The monoisotopic (exact) mass is 338 g/mol. The minimum absolute atomic E-state index is 0.0563. The maximum Gasteiger partial charge on any atom is 0.181 e. The Morgan fingerprint density at radius 2 is 1.92 bits per heavy atom. The highest BCUT2D eigenvalue weighted by Crippen LogP contribution is 2.20. The molecule has 3 aromatic rings. The molecule has 0 amide bonds. The summed E-state index contributed by atoms with van der Waals surface area (Å²) in [6.45, 7) is 2.36. The van der Waals surface area contributed by atoms with Crippen LogP contribution in [0, 0.1) is 5.82 Å². The lowest BCUT2D eigenvalue weighted by atomic mass is 10.2. The van der Waals surface area contributed by atoms with Crippen LogP contribution in [0.3, 0.4) is 0 Å². The molecule has 1 aromatic heterocycles. The fourth-order valence-electron chi connectivity index (χ4n) is 2.93. The summed E-state index contributed by atoms with van der Waals surface area (Å²) in [7, 11) is 0. The van der Waals surface area contributed by atoms with Gasteiger partial charge in [-0.3, -0.25) is 0 Å². The molecular weight excluding hydrogens is 319 g/mol. The van der Waals surface area contributed by atoms with Gasteiger partial charge in [0, 0.05) is 25.1 Å². The van der Waals surface area contributed by atoms with Crippen molar-refractivity contribution in [1.82, 2.24) is 20.1 Å². The summed E-state index contributed by atoms with van der Waals surface area (Å²) >= 11 is 0. The maximum atomic E-state index is 13.3. The van der Waals surface area contributed by atoms with Crippen LogP contribution < -0.4 is 5.32 Å². The van der Waals surface area contributed by atoms with Crippen LogP contribution in [-0.2, 0) is 11.2 Å². The van der Waals surface area contributed by atoms with Crippen LogP contribution in [0.1, 0.15) is 5.82 Å². The molecule has 0 bridgehead atoms. The average molecular weight is 338 g/mol. The predicted molar refractivity (Wildman–Crippen MR) is 93.1 cm³/mol. The molecule has 1 aliphatic rings. The number of nitrogens with one attached hydrogen (secondary N) is 1. The summed E-state index contributed by atoms with van der Waals surface area (Å²) in [6, 6.07) is 16.1. The van der Waals surface area contributed by atoms with Gasteiger partial charge in [-0.25, -0.2) is 14.1 Å². The first kappa shape index (κ1) is 15.9. The third kappa shape index (κ3) is 3.60. The van der Waals surface area contributed by atoms with E-state index in [0.29, 0.717) is 18.9 Å². The summed E-state index contributed by atoms with van der Waals surface area (Å²) in [5.74, 6) is 1.19. The molecule has 1 aliphatic heterocycles. The van der Waals surface area contributed by atoms with Crippen LogP contribution in [0.2, 0.25) is 0 Å². The third-order valence-electron chi connectivity index (χ3n) is 4.19. The Labute approximate surface area is 145 Å². The fraction of sp³-hybridized carbons (Fsp3) is 0.263. The predicted octanol–water partition coefficient (Wildman–Crippen LogP) is 2.60. The van der Waals surface area contributed by atoms with E-state index in [1.807, 2.05) is 30.3 Å². The molecule has 4 rings (SSSR count). The molecule has 0 unspecified atom stereocenters. The van der Waals surface area contributed by atoms with Crippen LogP contribution in [-0.4, -0.2) is 40.6 Å². The van der Waals surface area contributed by atoms with Crippen LogP contribution in [0.5, 0.6) is 0 Å². The van der Waals surface area contributed by atoms with Crippen molar-refractivity contribution >= 4 is 0 Å². The van der Waals surface area contributed by atoms with Gasteiger partial charge in [0.05, 0.1) is 18.4 Å². The van der Waals surface area contributed by atoms with Crippen molar-refractivity contribution < 1.29 is 9.13 Å². The van der Waals surface area contributed by atoms with Crippen LogP contribution in [0.25, 0.3) is 17.1 Å². The molecule has 2 heterocycles. The van der Waals surface area contributed by atoms with E-state index in [9.17, 15) is 4.39 Å². The standard InChI is InChI=1S/C19H19FN4O/c20-15-6-8-16(9-7-15)24-18(12-17-13-21-10-11-25-17)22-19(23-24)14-4-2-1-3-5-14/h1-9,17,21H,10-13H2/t17-/m1/s1. The van der Waals surface area contributed by atoms with E-state index in [0.717, 1.165) is 30.2 Å². The number of halogens is 1. The SMILES string of the molecule is Fc1ccc(-n2nc(-c3ccccc3)nc2C[C@@H]2CNCCO2)cc1. The Bertz CT molecular complexity index is 826. The minimum atomic E-state index is -0.270. The summed E-state index contributed by atoms with van der Waals surface area (Å²) in [5.41, 5.74) is 1.74. The fourth-order valence-corrected chi connectivity index (χ4v) is 2.93. The van der Waals surface area contributed by atoms with E-state index in [2.05, 4.69) is 10.4 Å². The molecule has 0 radical (unpaired) electrons. The summed E-state index contributed by atoms with van der Waals surface area (Å²) in [4.78, 5) is 4.72. The second-order valence-electron chi connectivity index (χ2n) is 6.01. The van der Waals surface area contributed by atoms with Gasteiger partial charge >= 0.3 is 0 Å². The molecule has 25 heavy (non-hydrogen) atoms. The number of rotatable bonds is 4. The Morgan fingerprint density at radius 1 is 1.12 bits per heavy atom. The van der Waals surface area contributed by atoms with Gasteiger partial charge in [0.25, 0.3) is 0 Å². The quantitative estimate of drug-likeness (QED) is 0.794. The first-order valence-corrected chi connectivity index (χ1v) is 8.39. The molecule has 2 aromatic carbocycles. The lowest BCUT2D eigenvalue weighted by Gasteiger charge is -2.23. The summed E-state index contributed by atoms with van der Waals surface area (Å²) in [6.07, 6.45) is 0.699. The number of hydrogen-bond acceptors (Lipinski definition) is 4. The van der Waals surface area contributed by atoms with Crippen molar-refractivity contribution in [3.8, 4) is 17.1 Å². The van der Waals surface area contributed by atoms with Crippen molar-refractivity contribution in [2.45, 2.75) is 12.5 Å². The van der Waals surface area contributed by atoms with Crippen LogP contribution in [0.4, 0.5) is 4.39 Å². The molecule has 1 fully saturated rings. The number of ether oxygens (including phenoxy) is 1. The zero-order valence-electron chi connectivity index (χ0n) is 13.7. The zero-order valence-corrected chi connectivity index (χ0v) is 13.7. The molecule has 0 aliphatic carbocycles. The van der Waals surface area contributed by atoms with Crippen molar-refractivity contribution in [2.24, 2.45) is 0 Å². The minimum Gasteiger partial charge on any atom is -0.375 e. The lowest BCUT2D eigenvalue weighted by Crippen LogP contribution is -2.40. The largest absolute Gasteiger partial charge is 0.375 e. The maximum absolute atomic E-state index is 13.3. The molecule has 1 atom stereocenters. The molecule has 5 nitrogen and oxygen atoms in total. The molecular formula is C19H19FN4O. The van der Waals surface area contributed by atoms with Gasteiger partial charge < -0.3 is 10.1 Å². The number of benzene rings is 2. The molecule has 6 heteroatoms. The van der Waals surface area contributed by atoms with Crippen LogP contribution in [0.15, 0.2) is 54.6 Å². The molecule has 128 valence electrons. The Hall–Kier alpha value is -2.57. The van der Waals surface area contributed by atoms with E-state index in [4.69, 9.17) is 9.72 Å². The van der Waals surface area contributed by atoms with Crippen molar-refractivity contribution in [3.63, 3.8) is 0 Å². The Balaban J connectivity index is 1.71. The first-order chi connectivity index (χ1) is 12.3. The third-order valence-corrected chi connectivity index (χ3v) is 4.19. The number of morpholine rings is 1. The van der Waals surface area contributed by atoms with Gasteiger partial charge in [-0.15, -0.1) is 5.10 Å². The van der Waals surface area contributed by atoms with Crippen molar-refractivity contribution in [3.05, 3.63) is 66.2 Å². The second kappa shape index (κ2) is 7.13. The Morgan fingerprint density at radius 3 is 2.64 bits per heavy atom. The van der Waals surface area contributed by atoms with Gasteiger partial charge in [-0.05, 0) is 24.3 Å². The summed E-state index contributed by atoms with van der Waals surface area (Å²) in [5, 5.41) is 7.98. The van der Waals surface area contributed by atoms with Gasteiger partial charge in [0.2, 0.25) is 0 Å². The van der Waals surface area contributed by atoms with Gasteiger partial charge in [-0.2, -0.15) is 0 Å². The highest BCUT2D eigenvalue weighted by atomic mass is 19.1. The highest BCUT2D eigenvalue weighted by molar-refractivity contribution is 5.54. The smallest absolute Gasteiger partial charge is 0.181 e. The van der Waals surface area contributed by atoms with E-state index in [1.54, 1.807) is 16.8 Å². The number of hydrogen-bond donors (Lipinski definition) is 1. The van der Waals surface area contributed by atoms with Crippen LogP contribution >= 0.6 is 0 Å². The number of nitrogens with zero attached hydrogens (tertiary/aromatic N) is 3. The molecule has 0 saturated carbocycles. The topological polar surface area (TPSA) is 52.0 Å². The molecule has 1 saturated heterocycles. The molecule has 1 N–H and O–H groups in total. The average Bonchev–Trinajstić information content (AvgIpc) is 3.08. The van der Waals surface area contributed by atoms with E-state index in [1.165, 1.54) is 12.1 Å². The normalized spacial score (nSPS) is 17.6. The molecule has 0 spiro atoms. The van der Waals surface area contributed by atoms with Gasteiger partial charge in [-0.1, -0.05) is 30.3 Å². The van der Waals surface area contributed by atoms with E-state index in [-0.39, 0.29) is 11.9 Å². The number of aromatic nitrogens is 3. The zero-order chi connectivity index (χ0) is 17.1. The highest BCUT2D eigenvalue weighted by Gasteiger charge is 2.20. The van der Waals surface area contributed by atoms with Gasteiger partial charge in [0.15, 0.2) is 5.82 Å². The van der Waals surface area contributed by atoms with E-state index >= 15 is 0 Å². The second-order valence-corrected chi connectivity index (χ2v) is 6.01. The first-order valence-electron chi connectivity index (χ1n) is 8.39. The Kier molecular flexibility index (Phi) is 4.54. The summed E-state index contributed by atoms with van der Waals surface area (Å²) < 4.78 is 20.9. The van der Waals surface area contributed by atoms with Crippen molar-refractivity contribution in [2.75, 3.05) is 19.7 Å². The van der Waals surface area contributed by atoms with E-state index < -0.39 is 0 Å². The lowest BCUT2D eigenvalue weighted by molar-refractivity contribution is 0.0277.